The molecule has 0 spiro atoms. The summed E-state index contributed by atoms with van der Waals surface area (Å²) in [5.41, 5.74) is 4.47. The normalized spacial score (nSPS) is 10.9. The standard InChI is InChI=1S/C19H14N4O/c1-12-18-16(11-20)22-15-9-8-14(24-2)10-17(15)23(18)19(21-12)13-6-4-3-5-7-13/h3-10H,1-2H3. The van der Waals surface area contributed by atoms with Gasteiger partial charge in [-0.1, -0.05) is 30.3 Å². The summed E-state index contributed by atoms with van der Waals surface area (Å²) in [6, 6.07) is 17.7. The van der Waals surface area contributed by atoms with Gasteiger partial charge in [0.05, 0.1) is 23.8 Å². The van der Waals surface area contributed by atoms with Crippen molar-refractivity contribution < 1.29 is 4.74 Å². The Kier molecular flexibility index (Phi) is 3.17. The summed E-state index contributed by atoms with van der Waals surface area (Å²) in [5.74, 6) is 1.53. The molecule has 0 fully saturated rings. The van der Waals surface area contributed by atoms with Crippen LogP contribution in [0, 0.1) is 18.3 Å². The molecule has 0 amide bonds. The number of fused-ring (bicyclic) bond motifs is 3. The van der Waals surface area contributed by atoms with Gasteiger partial charge in [-0.05, 0) is 19.1 Å². The van der Waals surface area contributed by atoms with Gasteiger partial charge in [0.15, 0.2) is 5.69 Å². The second-order valence-electron chi connectivity index (χ2n) is 5.50. The zero-order valence-electron chi connectivity index (χ0n) is 13.3. The van der Waals surface area contributed by atoms with Crippen LogP contribution in [-0.4, -0.2) is 21.5 Å². The highest BCUT2D eigenvalue weighted by Crippen LogP contribution is 2.29. The lowest BCUT2D eigenvalue weighted by molar-refractivity contribution is 0.415. The predicted molar refractivity (Wildman–Crippen MR) is 91.9 cm³/mol. The number of nitrogens with zero attached hydrogens (tertiary/aromatic N) is 4. The molecule has 0 N–H and O–H groups in total. The van der Waals surface area contributed by atoms with Crippen molar-refractivity contribution in [2.24, 2.45) is 0 Å². The van der Waals surface area contributed by atoms with E-state index in [9.17, 15) is 5.26 Å². The number of nitriles is 1. The predicted octanol–water partition coefficient (Wildman–Crippen LogP) is 3.74. The lowest BCUT2D eigenvalue weighted by Crippen LogP contribution is -1.98. The van der Waals surface area contributed by atoms with Crippen LogP contribution in [-0.2, 0) is 0 Å². The molecule has 0 saturated carbocycles. The molecule has 4 aromatic rings. The highest BCUT2D eigenvalue weighted by Gasteiger charge is 2.18. The van der Waals surface area contributed by atoms with E-state index in [2.05, 4.69) is 11.1 Å². The number of hydrogen-bond donors (Lipinski definition) is 0. The Bertz CT molecular complexity index is 1110. The summed E-state index contributed by atoms with van der Waals surface area (Å²) in [4.78, 5) is 9.19. The number of hydrogen-bond acceptors (Lipinski definition) is 4. The van der Waals surface area contributed by atoms with Crippen molar-refractivity contribution in [3.05, 3.63) is 59.9 Å². The molecular weight excluding hydrogens is 300 g/mol. The first kappa shape index (κ1) is 14.2. The van der Waals surface area contributed by atoms with Crippen LogP contribution in [0.2, 0.25) is 0 Å². The Labute approximate surface area is 138 Å². The molecule has 24 heavy (non-hydrogen) atoms. The van der Waals surface area contributed by atoms with E-state index in [1.807, 2.05) is 59.9 Å². The highest BCUT2D eigenvalue weighted by molar-refractivity contribution is 5.85. The van der Waals surface area contributed by atoms with E-state index < -0.39 is 0 Å². The van der Waals surface area contributed by atoms with Crippen molar-refractivity contribution in [1.82, 2.24) is 14.4 Å². The van der Waals surface area contributed by atoms with Crippen LogP contribution in [0.25, 0.3) is 27.9 Å². The molecule has 2 heterocycles. The van der Waals surface area contributed by atoms with Gasteiger partial charge < -0.3 is 4.74 Å². The maximum absolute atomic E-state index is 9.52. The number of rotatable bonds is 2. The molecule has 0 bridgehead atoms. The molecule has 0 aliphatic rings. The van der Waals surface area contributed by atoms with Crippen molar-refractivity contribution in [2.45, 2.75) is 6.92 Å². The molecule has 2 aromatic carbocycles. The van der Waals surface area contributed by atoms with Crippen LogP contribution >= 0.6 is 0 Å². The summed E-state index contributed by atoms with van der Waals surface area (Å²) >= 11 is 0. The molecule has 2 aromatic heterocycles. The second-order valence-corrected chi connectivity index (χ2v) is 5.50. The van der Waals surface area contributed by atoms with Gasteiger partial charge in [0.2, 0.25) is 0 Å². The minimum absolute atomic E-state index is 0.375. The SMILES string of the molecule is COc1ccc2nc(C#N)c3c(C)nc(-c4ccccc4)n3c2c1. The van der Waals surface area contributed by atoms with Gasteiger partial charge in [0.25, 0.3) is 0 Å². The van der Waals surface area contributed by atoms with Gasteiger partial charge in [-0.2, -0.15) is 5.26 Å². The fraction of sp³-hybridized carbons (Fsp3) is 0.105. The van der Waals surface area contributed by atoms with Gasteiger partial charge in [0.1, 0.15) is 23.2 Å². The molecule has 4 rings (SSSR count). The third kappa shape index (κ3) is 2.01. The Morgan fingerprint density at radius 3 is 2.58 bits per heavy atom. The fourth-order valence-corrected chi connectivity index (χ4v) is 2.98. The Balaban J connectivity index is 2.22. The number of imidazole rings is 1. The van der Waals surface area contributed by atoms with Gasteiger partial charge in [-0.3, -0.25) is 4.40 Å². The quantitative estimate of drug-likeness (QED) is 0.565. The number of methoxy groups -OCH3 is 1. The van der Waals surface area contributed by atoms with Crippen molar-refractivity contribution in [3.8, 4) is 23.2 Å². The molecular formula is C19H14N4O. The van der Waals surface area contributed by atoms with Gasteiger partial charge in [-0.25, -0.2) is 9.97 Å². The van der Waals surface area contributed by atoms with Gasteiger partial charge in [0, 0.05) is 11.6 Å². The zero-order valence-corrected chi connectivity index (χ0v) is 13.3. The number of aromatic nitrogens is 3. The average Bonchev–Trinajstić information content (AvgIpc) is 2.99. The smallest absolute Gasteiger partial charge is 0.167 e. The molecule has 0 radical (unpaired) electrons. The summed E-state index contributed by atoms with van der Waals surface area (Å²) in [7, 11) is 1.63. The third-order valence-corrected chi connectivity index (χ3v) is 4.07. The van der Waals surface area contributed by atoms with Crippen molar-refractivity contribution in [1.29, 1.82) is 5.26 Å². The van der Waals surface area contributed by atoms with E-state index in [1.165, 1.54) is 0 Å². The number of ether oxygens (including phenoxy) is 1. The largest absolute Gasteiger partial charge is 0.497 e. The van der Waals surface area contributed by atoms with E-state index in [-0.39, 0.29) is 0 Å². The molecule has 0 saturated heterocycles. The van der Waals surface area contributed by atoms with Gasteiger partial charge >= 0.3 is 0 Å². The van der Waals surface area contributed by atoms with Gasteiger partial charge in [-0.15, -0.1) is 0 Å². The van der Waals surface area contributed by atoms with Crippen molar-refractivity contribution in [2.75, 3.05) is 7.11 Å². The van der Waals surface area contributed by atoms with Crippen LogP contribution in [0.15, 0.2) is 48.5 Å². The fourth-order valence-electron chi connectivity index (χ4n) is 2.98. The molecule has 5 heteroatoms. The third-order valence-electron chi connectivity index (χ3n) is 4.07. The van der Waals surface area contributed by atoms with E-state index >= 15 is 0 Å². The van der Waals surface area contributed by atoms with Crippen LogP contribution in [0.1, 0.15) is 11.4 Å². The Morgan fingerprint density at radius 1 is 1.08 bits per heavy atom. The molecule has 116 valence electrons. The maximum Gasteiger partial charge on any atom is 0.167 e. The number of aryl methyl sites for hydroxylation is 1. The minimum Gasteiger partial charge on any atom is -0.497 e. The first-order chi connectivity index (χ1) is 11.7. The monoisotopic (exact) mass is 314 g/mol. The summed E-state index contributed by atoms with van der Waals surface area (Å²) in [5, 5.41) is 9.52. The van der Waals surface area contributed by atoms with Crippen LogP contribution in [0.4, 0.5) is 0 Å². The molecule has 0 unspecified atom stereocenters. The van der Waals surface area contributed by atoms with Crippen LogP contribution in [0.3, 0.4) is 0 Å². The molecule has 0 aliphatic carbocycles. The lowest BCUT2D eigenvalue weighted by atomic mass is 10.2. The highest BCUT2D eigenvalue weighted by atomic mass is 16.5. The molecule has 0 atom stereocenters. The molecule has 5 nitrogen and oxygen atoms in total. The topological polar surface area (TPSA) is 63.2 Å². The average molecular weight is 314 g/mol. The van der Waals surface area contributed by atoms with Crippen LogP contribution < -0.4 is 4.74 Å². The number of benzene rings is 2. The summed E-state index contributed by atoms with van der Waals surface area (Å²) < 4.78 is 7.35. The summed E-state index contributed by atoms with van der Waals surface area (Å²) in [6.45, 7) is 1.90. The zero-order chi connectivity index (χ0) is 16.7. The Morgan fingerprint density at radius 2 is 1.88 bits per heavy atom. The first-order valence-electron chi connectivity index (χ1n) is 7.55. The maximum atomic E-state index is 9.52. The summed E-state index contributed by atoms with van der Waals surface area (Å²) in [6.07, 6.45) is 0. The van der Waals surface area contributed by atoms with E-state index in [4.69, 9.17) is 9.72 Å². The minimum atomic E-state index is 0.375. The second kappa shape index (κ2) is 5.36. The Hall–Kier alpha value is -3.39. The van der Waals surface area contributed by atoms with Crippen molar-refractivity contribution in [3.63, 3.8) is 0 Å². The molecule has 0 aliphatic heterocycles. The van der Waals surface area contributed by atoms with Crippen LogP contribution in [0.5, 0.6) is 5.75 Å². The van der Waals surface area contributed by atoms with E-state index in [0.717, 1.165) is 39.4 Å². The van der Waals surface area contributed by atoms with E-state index in [0.29, 0.717) is 5.69 Å². The first-order valence-corrected chi connectivity index (χ1v) is 7.55. The van der Waals surface area contributed by atoms with Crippen molar-refractivity contribution >= 4 is 16.6 Å². The lowest BCUT2D eigenvalue weighted by Gasteiger charge is -2.09. The van der Waals surface area contributed by atoms with E-state index in [1.54, 1.807) is 7.11 Å².